The van der Waals surface area contributed by atoms with E-state index >= 15 is 0 Å². The molecule has 6 nitrogen and oxygen atoms in total. The van der Waals surface area contributed by atoms with Crippen LogP contribution in [0.2, 0.25) is 0 Å². The Hall–Kier alpha value is -3.62. The molecular formula is C33H35NO5S2. The van der Waals surface area contributed by atoms with Crippen molar-refractivity contribution in [1.29, 1.82) is 0 Å². The van der Waals surface area contributed by atoms with E-state index < -0.39 is 0 Å². The first-order valence-corrected chi connectivity index (χ1v) is 14.9. The smallest absolute Gasteiger partial charge is 0.338 e. The largest absolute Gasteiger partial charge is 0.490 e. The molecule has 1 aliphatic heterocycles. The molecule has 0 aliphatic carbocycles. The van der Waals surface area contributed by atoms with Gasteiger partial charge in [-0.25, -0.2) is 4.79 Å². The van der Waals surface area contributed by atoms with Gasteiger partial charge in [-0.05, 0) is 77.6 Å². The van der Waals surface area contributed by atoms with Gasteiger partial charge in [0.15, 0.2) is 4.32 Å². The number of carbonyl (C=O) groups excluding carboxylic acids is 2. The van der Waals surface area contributed by atoms with Gasteiger partial charge in [-0.2, -0.15) is 0 Å². The molecule has 0 spiro atoms. The van der Waals surface area contributed by atoms with Crippen molar-refractivity contribution in [3.05, 3.63) is 94.4 Å². The van der Waals surface area contributed by atoms with Crippen LogP contribution in [0.25, 0.3) is 6.08 Å². The standard InChI is InChI=1S/C33H35NO5S2/c1-5-6-19-39-31(36)24-9-13-26(14-10-24)34-30(35)29(41-32(34)40)22-23-7-15-27(16-8-23)37-20-21-38-28-17-11-25(12-18-28)33(2,3)4/h7-18,22H,5-6,19-21H2,1-4H3/b29-22-. The highest BCUT2D eigenvalue weighted by atomic mass is 32.2. The summed E-state index contributed by atoms with van der Waals surface area (Å²) in [6.07, 6.45) is 3.59. The SMILES string of the molecule is CCCCOC(=O)c1ccc(N2C(=O)/C(=C/c3ccc(OCCOc4ccc(C(C)(C)C)cc4)cc3)SC2=S)cc1. The number of carbonyl (C=O) groups is 2. The van der Waals surface area contributed by atoms with E-state index in [9.17, 15) is 9.59 Å². The van der Waals surface area contributed by atoms with Gasteiger partial charge in [-0.3, -0.25) is 9.69 Å². The van der Waals surface area contributed by atoms with Crippen LogP contribution in [0.1, 0.15) is 62.0 Å². The van der Waals surface area contributed by atoms with Gasteiger partial charge in [0.1, 0.15) is 24.7 Å². The molecule has 0 radical (unpaired) electrons. The van der Waals surface area contributed by atoms with E-state index in [1.807, 2.05) is 49.4 Å². The van der Waals surface area contributed by atoms with Crippen molar-refractivity contribution in [2.45, 2.75) is 46.0 Å². The van der Waals surface area contributed by atoms with E-state index in [2.05, 4.69) is 32.9 Å². The fraction of sp³-hybridized carbons (Fsp3) is 0.303. The van der Waals surface area contributed by atoms with E-state index in [-0.39, 0.29) is 17.3 Å². The minimum Gasteiger partial charge on any atom is -0.490 e. The number of esters is 1. The number of unbranched alkanes of at least 4 members (excludes halogenated alkanes) is 1. The number of nitrogens with zero attached hydrogens (tertiary/aromatic N) is 1. The molecule has 3 aromatic rings. The third kappa shape index (κ3) is 8.21. The molecule has 41 heavy (non-hydrogen) atoms. The monoisotopic (exact) mass is 589 g/mol. The fourth-order valence-corrected chi connectivity index (χ4v) is 5.31. The lowest BCUT2D eigenvalue weighted by atomic mass is 9.87. The highest BCUT2D eigenvalue weighted by Gasteiger charge is 2.33. The van der Waals surface area contributed by atoms with E-state index in [1.54, 1.807) is 24.3 Å². The summed E-state index contributed by atoms with van der Waals surface area (Å²) in [6, 6.07) is 22.4. The van der Waals surface area contributed by atoms with E-state index in [1.165, 1.54) is 22.2 Å². The van der Waals surface area contributed by atoms with Crippen LogP contribution >= 0.6 is 24.0 Å². The second-order valence-corrected chi connectivity index (χ2v) is 12.3. The van der Waals surface area contributed by atoms with Gasteiger partial charge in [0.25, 0.3) is 5.91 Å². The van der Waals surface area contributed by atoms with E-state index in [0.29, 0.717) is 40.3 Å². The van der Waals surface area contributed by atoms with Crippen molar-refractivity contribution in [2.24, 2.45) is 0 Å². The van der Waals surface area contributed by atoms with E-state index in [4.69, 9.17) is 26.4 Å². The topological polar surface area (TPSA) is 65.1 Å². The van der Waals surface area contributed by atoms with Crippen molar-refractivity contribution >= 4 is 51.9 Å². The molecule has 0 unspecified atom stereocenters. The minimum absolute atomic E-state index is 0.108. The zero-order chi connectivity index (χ0) is 29.4. The van der Waals surface area contributed by atoms with Gasteiger partial charge in [-0.15, -0.1) is 0 Å². The number of ether oxygens (including phenoxy) is 3. The molecule has 0 bridgehead atoms. The van der Waals surface area contributed by atoms with Gasteiger partial charge < -0.3 is 14.2 Å². The summed E-state index contributed by atoms with van der Waals surface area (Å²) >= 11 is 6.74. The van der Waals surface area contributed by atoms with Crippen LogP contribution < -0.4 is 14.4 Å². The first kappa shape index (κ1) is 30.3. The van der Waals surface area contributed by atoms with Crippen LogP contribution in [0.3, 0.4) is 0 Å². The van der Waals surface area contributed by atoms with Crippen LogP contribution in [-0.2, 0) is 14.9 Å². The molecule has 4 rings (SSSR count). The third-order valence-electron chi connectivity index (χ3n) is 6.40. The molecule has 1 amide bonds. The Balaban J connectivity index is 1.29. The molecule has 0 atom stereocenters. The summed E-state index contributed by atoms with van der Waals surface area (Å²) in [5.41, 5.74) is 3.28. The number of hydrogen-bond donors (Lipinski definition) is 0. The molecule has 1 fully saturated rings. The summed E-state index contributed by atoms with van der Waals surface area (Å²) in [5, 5.41) is 0. The predicted octanol–water partition coefficient (Wildman–Crippen LogP) is 7.80. The number of hydrogen-bond acceptors (Lipinski definition) is 7. The number of amides is 1. The lowest BCUT2D eigenvalue weighted by Gasteiger charge is -2.19. The van der Waals surface area contributed by atoms with Crippen molar-refractivity contribution < 1.29 is 23.8 Å². The lowest BCUT2D eigenvalue weighted by Crippen LogP contribution is -2.27. The predicted molar refractivity (Wildman–Crippen MR) is 170 cm³/mol. The summed E-state index contributed by atoms with van der Waals surface area (Å²) in [7, 11) is 0. The molecule has 0 N–H and O–H groups in total. The molecule has 0 aromatic heterocycles. The summed E-state index contributed by atoms with van der Waals surface area (Å²) < 4.78 is 17.3. The molecule has 214 valence electrons. The fourth-order valence-electron chi connectivity index (χ4n) is 4.01. The number of thiocarbonyl (C=S) groups is 1. The van der Waals surface area contributed by atoms with Gasteiger partial charge in [-0.1, -0.05) is 82.4 Å². The van der Waals surface area contributed by atoms with Gasteiger partial charge in [0.2, 0.25) is 0 Å². The van der Waals surface area contributed by atoms with Crippen molar-refractivity contribution in [3.63, 3.8) is 0 Å². The van der Waals surface area contributed by atoms with Crippen LogP contribution in [0, 0.1) is 0 Å². The van der Waals surface area contributed by atoms with Gasteiger partial charge >= 0.3 is 5.97 Å². The Morgan fingerprint density at radius 3 is 2.02 bits per heavy atom. The summed E-state index contributed by atoms with van der Waals surface area (Å²) in [6.45, 7) is 9.82. The first-order valence-electron chi connectivity index (χ1n) is 13.7. The number of rotatable bonds is 11. The maximum absolute atomic E-state index is 13.2. The average molecular weight is 590 g/mol. The molecule has 1 saturated heterocycles. The minimum atomic E-state index is -0.374. The Bertz CT molecular complexity index is 1390. The first-order chi connectivity index (χ1) is 19.7. The van der Waals surface area contributed by atoms with Crippen molar-refractivity contribution in [1.82, 2.24) is 0 Å². The number of thioether (sulfide) groups is 1. The molecular weight excluding hydrogens is 554 g/mol. The van der Waals surface area contributed by atoms with Crippen LogP contribution in [0.5, 0.6) is 11.5 Å². The van der Waals surface area contributed by atoms with Gasteiger partial charge in [0.05, 0.1) is 22.8 Å². The second kappa shape index (κ2) is 13.8. The highest BCUT2D eigenvalue weighted by molar-refractivity contribution is 8.27. The Kier molecular flexibility index (Phi) is 10.2. The zero-order valence-corrected chi connectivity index (χ0v) is 25.5. The highest BCUT2D eigenvalue weighted by Crippen LogP contribution is 2.36. The summed E-state index contributed by atoms with van der Waals surface area (Å²) in [5.74, 6) is 0.956. The van der Waals surface area contributed by atoms with Crippen LogP contribution in [0.15, 0.2) is 77.7 Å². The molecule has 0 saturated carbocycles. The maximum Gasteiger partial charge on any atom is 0.338 e. The second-order valence-electron chi connectivity index (χ2n) is 10.6. The van der Waals surface area contributed by atoms with Crippen LogP contribution in [0.4, 0.5) is 5.69 Å². The maximum atomic E-state index is 13.2. The van der Waals surface area contributed by atoms with Crippen molar-refractivity contribution in [3.8, 4) is 11.5 Å². The van der Waals surface area contributed by atoms with Crippen molar-refractivity contribution in [2.75, 3.05) is 24.7 Å². The number of benzene rings is 3. The average Bonchev–Trinajstić information content (AvgIpc) is 3.24. The van der Waals surface area contributed by atoms with Crippen LogP contribution in [-0.4, -0.2) is 36.0 Å². The Morgan fingerprint density at radius 2 is 1.46 bits per heavy atom. The molecule has 1 aliphatic rings. The Labute approximate surface area is 251 Å². The summed E-state index contributed by atoms with van der Waals surface area (Å²) in [4.78, 5) is 27.3. The Morgan fingerprint density at radius 1 is 0.878 bits per heavy atom. The molecule has 1 heterocycles. The normalized spacial score (nSPS) is 14.4. The van der Waals surface area contributed by atoms with Gasteiger partial charge in [0, 0.05) is 0 Å². The zero-order valence-electron chi connectivity index (χ0n) is 23.8. The molecule has 3 aromatic carbocycles. The number of anilines is 1. The molecule has 8 heteroatoms. The lowest BCUT2D eigenvalue weighted by molar-refractivity contribution is -0.113. The quantitative estimate of drug-likeness (QED) is 0.0978. The van der Waals surface area contributed by atoms with E-state index in [0.717, 1.165) is 29.9 Å². The third-order valence-corrected chi connectivity index (χ3v) is 7.71.